The van der Waals surface area contributed by atoms with Gasteiger partial charge in [0.15, 0.2) is 0 Å². The largest absolute Gasteiger partial charge is 0.320 e. The van der Waals surface area contributed by atoms with Crippen LogP contribution in [0.4, 0.5) is 0 Å². The van der Waals surface area contributed by atoms with Crippen molar-refractivity contribution in [1.29, 1.82) is 0 Å². The molecule has 0 bridgehead atoms. The van der Waals surface area contributed by atoms with Gasteiger partial charge in [0.1, 0.15) is 0 Å². The van der Waals surface area contributed by atoms with Crippen molar-refractivity contribution in [3.05, 3.63) is 68.5 Å². The SMILES string of the molecule is Cn1ccn(Cc2ccc(C#CCN)cc2)c(=O)c1=O. The standard InChI is InChI=1S/C15H15N3O2/c1-17-9-10-18(15(20)14(17)19)11-13-6-4-12(5-7-13)3-2-8-16/h4-7,9-10H,8,11,16H2,1H3. The minimum atomic E-state index is -0.530. The van der Waals surface area contributed by atoms with E-state index in [0.29, 0.717) is 13.1 Å². The number of hydrogen-bond donors (Lipinski definition) is 1. The zero-order chi connectivity index (χ0) is 14.5. The van der Waals surface area contributed by atoms with E-state index in [1.807, 2.05) is 24.3 Å². The highest BCUT2D eigenvalue weighted by molar-refractivity contribution is 5.36. The van der Waals surface area contributed by atoms with Gasteiger partial charge in [0.2, 0.25) is 0 Å². The van der Waals surface area contributed by atoms with E-state index in [-0.39, 0.29) is 0 Å². The fourth-order valence-corrected chi connectivity index (χ4v) is 1.76. The summed E-state index contributed by atoms with van der Waals surface area (Å²) in [6.45, 7) is 0.684. The molecular formula is C15H15N3O2. The average Bonchev–Trinajstić information content (AvgIpc) is 2.47. The number of hydrogen-bond acceptors (Lipinski definition) is 3. The van der Waals surface area contributed by atoms with E-state index < -0.39 is 11.1 Å². The Morgan fingerprint density at radius 2 is 1.80 bits per heavy atom. The summed E-state index contributed by atoms with van der Waals surface area (Å²) in [6.07, 6.45) is 3.18. The zero-order valence-electron chi connectivity index (χ0n) is 11.2. The van der Waals surface area contributed by atoms with Crippen LogP contribution in [0.25, 0.3) is 0 Å². The maximum absolute atomic E-state index is 11.8. The molecule has 2 aromatic rings. The highest BCUT2D eigenvalue weighted by atomic mass is 16.2. The topological polar surface area (TPSA) is 70.0 Å². The molecule has 20 heavy (non-hydrogen) atoms. The van der Waals surface area contributed by atoms with Gasteiger partial charge in [-0.25, -0.2) is 0 Å². The lowest BCUT2D eigenvalue weighted by atomic mass is 10.1. The highest BCUT2D eigenvalue weighted by Crippen LogP contribution is 2.04. The number of aromatic nitrogens is 2. The van der Waals surface area contributed by atoms with Crippen LogP contribution in [-0.4, -0.2) is 15.7 Å². The molecule has 0 atom stereocenters. The van der Waals surface area contributed by atoms with E-state index in [9.17, 15) is 9.59 Å². The summed E-state index contributed by atoms with van der Waals surface area (Å²) in [4.78, 5) is 23.3. The molecule has 0 aliphatic carbocycles. The second-order valence-corrected chi connectivity index (χ2v) is 4.35. The van der Waals surface area contributed by atoms with E-state index in [1.54, 1.807) is 19.4 Å². The molecule has 5 heteroatoms. The summed E-state index contributed by atoms with van der Waals surface area (Å²) >= 11 is 0. The average molecular weight is 269 g/mol. The van der Waals surface area contributed by atoms with Gasteiger partial charge in [0.05, 0.1) is 13.1 Å². The molecule has 0 spiro atoms. The highest BCUT2D eigenvalue weighted by Gasteiger charge is 2.03. The van der Waals surface area contributed by atoms with Gasteiger partial charge in [0, 0.05) is 25.0 Å². The number of rotatable bonds is 2. The third-order valence-electron chi connectivity index (χ3n) is 2.88. The Kier molecular flexibility index (Phi) is 4.18. The first-order chi connectivity index (χ1) is 9.61. The molecule has 2 N–H and O–H groups in total. The van der Waals surface area contributed by atoms with E-state index >= 15 is 0 Å². The normalized spacial score (nSPS) is 9.90. The van der Waals surface area contributed by atoms with Crippen LogP contribution in [-0.2, 0) is 13.6 Å². The Morgan fingerprint density at radius 1 is 1.10 bits per heavy atom. The first kappa shape index (κ1) is 13.8. The first-order valence-electron chi connectivity index (χ1n) is 6.16. The summed E-state index contributed by atoms with van der Waals surface area (Å²) in [6, 6.07) is 7.49. The fraction of sp³-hybridized carbons (Fsp3) is 0.200. The predicted octanol–water partition coefficient (Wildman–Crippen LogP) is -0.0945. The van der Waals surface area contributed by atoms with Crippen molar-refractivity contribution in [1.82, 2.24) is 9.13 Å². The van der Waals surface area contributed by atoms with Crippen LogP contribution in [0.15, 0.2) is 46.2 Å². The third-order valence-corrected chi connectivity index (χ3v) is 2.88. The van der Waals surface area contributed by atoms with Crippen LogP contribution in [0.5, 0.6) is 0 Å². The summed E-state index contributed by atoms with van der Waals surface area (Å²) in [5, 5.41) is 0. The van der Waals surface area contributed by atoms with Crippen LogP contribution in [0.3, 0.4) is 0 Å². The van der Waals surface area contributed by atoms with Crippen LogP contribution in [0, 0.1) is 11.8 Å². The summed E-state index contributed by atoms with van der Waals surface area (Å²) in [7, 11) is 1.55. The summed E-state index contributed by atoms with van der Waals surface area (Å²) < 4.78 is 2.66. The molecule has 0 fully saturated rings. The molecule has 0 radical (unpaired) electrons. The van der Waals surface area contributed by atoms with Crippen LogP contribution in [0.2, 0.25) is 0 Å². The molecule has 0 aliphatic heterocycles. The van der Waals surface area contributed by atoms with E-state index in [4.69, 9.17) is 5.73 Å². The van der Waals surface area contributed by atoms with Crippen LogP contribution in [0.1, 0.15) is 11.1 Å². The van der Waals surface area contributed by atoms with Crippen molar-refractivity contribution in [2.45, 2.75) is 6.54 Å². The molecule has 5 nitrogen and oxygen atoms in total. The Labute approximate surface area is 116 Å². The second kappa shape index (κ2) is 6.04. The molecule has 0 saturated carbocycles. The number of nitrogens with zero attached hydrogens (tertiary/aromatic N) is 2. The fourth-order valence-electron chi connectivity index (χ4n) is 1.76. The molecule has 0 unspecified atom stereocenters. The monoisotopic (exact) mass is 269 g/mol. The number of nitrogens with two attached hydrogens (primary N) is 1. The molecular weight excluding hydrogens is 254 g/mol. The minimum Gasteiger partial charge on any atom is -0.320 e. The van der Waals surface area contributed by atoms with Gasteiger partial charge in [-0.1, -0.05) is 24.0 Å². The molecule has 1 heterocycles. The molecule has 0 aliphatic rings. The molecule has 102 valence electrons. The number of benzene rings is 1. The van der Waals surface area contributed by atoms with Crippen LogP contribution < -0.4 is 16.9 Å². The predicted molar refractivity (Wildman–Crippen MR) is 77.4 cm³/mol. The summed E-state index contributed by atoms with van der Waals surface area (Å²) in [5.74, 6) is 5.70. The molecule has 2 rings (SSSR count). The second-order valence-electron chi connectivity index (χ2n) is 4.35. The Hall–Kier alpha value is -2.58. The van der Waals surface area contributed by atoms with Crippen molar-refractivity contribution >= 4 is 0 Å². The van der Waals surface area contributed by atoms with E-state index in [1.165, 1.54) is 9.13 Å². The Morgan fingerprint density at radius 3 is 2.45 bits per heavy atom. The van der Waals surface area contributed by atoms with Crippen molar-refractivity contribution in [2.75, 3.05) is 6.54 Å². The van der Waals surface area contributed by atoms with Crippen molar-refractivity contribution in [3.8, 4) is 11.8 Å². The minimum absolute atomic E-state index is 0.324. The van der Waals surface area contributed by atoms with E-state index in [0.717, 1.165) is 11.1 Å². The van der Waals surface area contributed by atoms with Crippen LogP contribution >= 0.6 is 0 Å². The smallest absolute Gasteiger partial charge is 0.316 e. The van der Waals surface area contributed by atoms with Crippen molar-refractivity contribution in [3.63, 3.8) is 0 Å². The Bertz CT molecular complexity index is 774. The third kappa shape index (κ3) is 3.05. The van der Waals surface area contributed by atoms with Gasteiger partial charge in [-0.3, -0.25) is 9.59 Å². The lowest BCUT2D eigenvalue weighted by Crippen LogP contribution is -2.39. The molecule has 0 amide bonds. The maximum atomic E-state index is 11.8. The Balaban J connectivity index is 2.25. The van der Waals surface area contributed by atoms with Crippen molar-refractivity contribution in [2.24, 2.45) is 12.8 Å². The van der Waals surface area contributed by atoms with E-state index in [2.05, 4.69) is 11.8 Å². The lowest BCUT2D eigenvalue weighted by molar-refractivity contribution is 0.695. The quantitative estimate of drug-likeness (QED) is 0.611. The van der Waals surface area contributed by atoms with Gasteiger partial charge in [-0.15, -0.1) is 0 Å². The number of aryl methyl sites for hydroxylation is 1. The van der Waals surface area contributed by atoms with Gasteiger partial charge < -0.3 is 14.9 Å². The first-order valence-corrected chi connectivity index (χ1v) is 6.16. The molecule has 0 saturated heterocycles. The lowest BCUT2D eigenvalue weighted by Gasteiger charge is -2.06. The summed E-state index contributed by atoms with van der Waals surface area (Å²) in [5.41, 5.74) is 6.05. The van der Waals surface area contributed by atoms with Crippen molar-refractivity contribution < 1.29 is 0 Å². The molecule has 1 aromatic heterocycles. The molecule has 1 aromatic carbocycles. The van der Waals surface area contributed by atoms with Gasteiger partial charge >= 0.3 is 11.1 Å². The van der Waals surface area contributed by atoms with Gasteiger partial charge in [-0.2, -0.15) is 0 Å². The zero-order valence-corrected chi connectivity index (χ0v) is 11.2. The maximum Gasteiger partial charge on any atom is 0.316 e. The van der Waals surface area contributed by atoms with Gasteiger partial charge in [0.25, 0.3) is 0 Å². The van der Waals surface area contributed by atoms with Gasteiger partial charge in [-0.05, 0) is 17.7 Å².